The van der Waals surface area contributed by atoms with Crippen LogP contribution < -0.4 is 0 Å². The molecule has 1 fully saturated rings. The number of nitrogens with one attached hydrogen (secondary N) is 1. The van der Waals surface area contributed by atoms with Crippen molar-refractivity contribution in [2.75, 3.05) is 0 Å². The van der Waals surface area contributed by atoms with Crippen molar-refractivity contribution in [2.24, 2.45) is 5.92 Å². The summed E-state index contributed by atoms with van der Waals surface area (Å²) < 4.78 is 0. The number of hydrogen-bond donors (Lipinski definition) is 1. The highest BCUT2D eigenvalue weighted by molar-refractivity contribution is 5.95. The van der Waals surface area contributed by atoms with Crippen molar-refractivity contribution >= 4 is 22.4 Å². The minimum absolute atomic E-state index is 0.0997. The molecule has 2 aromatic heterocycles. The number of pyridine rings is 1. The maximum atomic E-state index is 11.6. The van der Waals surface area contributed by atoms with E-state index >= 15 is 0 Å². The fraction of sp³-hybridized carbons (Fsp3) is 0.273. The van der Waals surface area contributed by atoms with Crippen molar-refractivity contribution < 1.29 is 4.79 Å². The number of fused-ring (bicyclic) bond motifs is 1. The second-order valence-electron chi connectivity index (χ2n) is 6.88. The normalized spacial score (nSPS) is 15.8. The maximum Gasteiger partial charge on any atom is 0.159 e. The predicted molar refractivity (Wildman–Crippen MR) is 102 cm³/mol. The number of carbonyl (C=O) groups excluding carboxylic acids is 1. The van der Waals surface area contributed by atoms with E-state index in [0.29, 0.717) is 5.92 Å². The number of aromatic amines is 1. The van der Waals surface area contributed by atoms with Gasteiger partial charge in [-0.1, -0.05) is 43.2 Å². The monoisotopic (exact) mass is 330 g/mol. The summed E-state index contributed by atoms with van der Waals surface area (Å²) in [6, 6.07) is 14.1. The van der Waals surface area contributed by atoms with Gasteiger partial charge in [-0.2, -0.15) is 0 Å². The Bertz CT molecular complexity index is 895. The summed E-state index contributed by atoms with van der Waals surface area (Å²) >= 11 is 0. The zero-order chi connectivity index (χ0) is 17.2. The minimum atomic E-state index is 0.0997. The van der Waals surface area contributed by atoms with Crippen molar-refractivity contribution in [2.45, 2.75) is 32.6 Å². The largest absolute Gasteiger partial charge is 0.339 e. The summed E-state index contributed by atoms with van der Waals surface area (Å²) in [6.45, 7) is 1.60. The Morgan fingerprint density at radius 2 is 1.84 bits per heavy atom. The van der Waals surface area contributed by atoms with Gasteiger partial charge < -0.3 is 4.98 Å². The molecule has 0 atom stereocenters. The number of aromatic nitrogens is 2. The van der Waals surface area contributed by atoms with E-state index in [0.717, 1.165) is 27.9 Å². The number of rotatable bonds is 4. The molecule has 0 amide bonds. The second kappa shape index (κ2) is 6.67. The van der Waals surface area contributed by atoms with Gasteiger partial charge in [0.05, 0.1) is 0 Å². The topological polar surface area (TPSA) is 45.8 Å². The highest BCUT2D eigenvalue weighted by Crippen LogP contribution is 2.33. The van der Waals surface area contributed by atoms with Crippen molar-refractivity contribution in [1.29, 1.82) is 0 Å². The predicted octanol–water partition coefficient (Wildman–Crippen LogP) is 5.39. The van der Waals surface area contributed by atoms with Crippen LogP contribution in [0.1, 0.15) is 54.2 Å². The third kappa shape index (κ3) is 3.27. The van der Waals surface area contributed by atoms with Gasteiger partial charge in [-0.15, -0.1) is 0 Å². The number of hydrogen-bond acceptors (Lipinski definition) is 2. The van der Waals surface area contributed by atoms with Gasteiger partial charge in [0.2, 0.25) is 0 Å². The Kier molecular flexibility index (Phi) is 4.22. The molecule has 1 saturated carbocycles. The molecule has 126 valence electrons. The zero-order valence-electron chi connectivity index (χ0n) is 14.5. The van der Waals surface area contributed by atoms with E-state index in [1.54, 1.807) is 6.92 Å². The Balaban J connectivity index is 1.79. The van der Waals surface area contributed by atoms with Crippen LogP contribution in [0.5, 0.6) is 0 Å². The molecule has 4 rings (SSSR count). The summed E-state index contributed by atoms with van der Waals surface area (Å²) in [6.07, 6.45) is 9.35. The van der Waals surface area contributed by atoms with Gasteiger partial charge in [0.25, 0.3) is 0 Å². The van der Waals surface area contributed by atoms with Gasteiger partial charge >= 0.3 is 0 Å². The van der Waals surface area contributed by atoms with E-state index in [2.05, 4.69) is 40.3 Å². The molecule has 1 aliphatic carbocycles. The number of nitrogens with zero attached hydrogens (tertiary/aromatic N) is 1. The van der Waals surface area contributed by atoms with Gasteiger partial charge in [0, 0.05) is 28.4 Å². The molecule has 3 nitrogen and oxygen atoms in total. The van der Waals surface area contributed by atoms with Crippen LogP contribution in [-0.4, -0.2) is 15.8 Å². The summed E-state index contributed by atoms with van der Waals surface area (Å²) in [5.41, 5.74) is 5.11. The van der Waals surface area contributed by atoms with Crippen molar-refractivity contribution in [1.82, 2.24) is 9.97 Å². The molecule has 1 aliphatic rings. The first-order chi connectivity index (χ1) is 12.2. The van der Waals surface area contributed by atoms with E-state index in [4.69, 9.17) is 0 Å². The van der Waals surface area contributed by atoms with Gasteiger partial charge in [-0.05, 0) is 49.4 Å². The number of ketones is 1. The molecule has 3 aromatic rings. The Labute approximate surface area is 147 Å². The first-order valence-electron chi connectivity index (χ1n) is 8.98. The van der Waals surface area contributed by atoms with E-state index in [9.17, 15) is 4.79 Å². The third-order valence-corrected chi connectivity index (χ3v) is 5.09. The molecule has 0 bridgehead atoms. The number of H-pyrrole nitrogens is 1. The lowest BCUT2D eigenvalue weighted by molar-refractivity contribution is 0.101. The molecular weight excluding hydrogens is 308 g/mol. The van der Waals surface area contributed by atoms with Gasteiger partial charge in [-0.3, -0.25) is 4.79 Å². The average molecular weight is 330 g/mol. The molecule has 2 heterocycles. The molecule has 0 aliphatic heterocycles. The van der Waals surface area contributed by atoms with Crippen molar-refractivity contribution in [3.8, 4) is 0 Å². The van der Waals surface area contributed by atoms with Crippen LogP contribution in [-0.2, 0) is 0 Å². The Morgan fingerprint density at radius 1 is 1.12 bits per heavy atom. The number of allylic oxidation sites excluding steroid dienone is 1. The lowest BCUT2D eigenvalue weighted by Crippen LogP contribution is -1.96. The summed E-state index contributed by atoms with van der Waals surface area (Å²) in [4.78, 5) is 19.4. The van der Waals surface area contributed by atoms with Crippen LogP contribution in [0.2, 0.25) is 0 Å². The molecule has 0 spiro atoms. The summed E-state index contributed by atoms with van der Waals surface area (Å²) in [5.74, 6) is 0.726. The van der Waals surface area contributed by atoms with Crippen molar-refractivity contribution in [3.05, 3.63) is 71.6 Å². The van der Waals surface area contributed by atoms with Crippen LogP contribution in [0.3, 0.4) is 0 Å². The van der Waals surface area contributed by atoms with E-state index in [1.165, 1.54) is 31.3 Å². The first kappa shape index (κ1) is 15.8. The summed E-state index contributed by atoms with van der Waals surface area (Å²) in [5, 5.41) is 1.12. The highest BCUT2D eigenvalue weighted by Gasteiger charge is 2.16. The van der Waals surface area contributed by atoms with Crippen LogP contribution in [0.4, 0.5) is 0 Å². The van der Waals surface area contributed by atoms with Gasteiger partial charge in [-0.25, -0.2) is 4.98 Å². The molecule has 25 heavy (non-hydrogen) atoms. The molecule has 0 unspecified atom stereocenters. The Morgan fingerprint density at radius 3 is 2.52 bits per heavy atom. The van der Waals surface area contributed by atoms with E-state index in [-0.39, 0.29) is 5.78 Å². The van der Waals surface area contributed by atoms with Crippen molar-refractivity contribution in [3.63, 3.8) is 0 Å². The highest BCUT2D eigenvalue weighted by atomic mass is 16.1. The fourth-order valence-electron chi connectivity index (χ4n) is 3.69. The van der Waals surface area contributed by atoms with Gasteiger partial charge in [0.1, 0.15) is 5.65 Å². The SMILES string of the molecule is CC(=O)c1ccc(/C(=C/C2CCCC2)c2cc3cccnc3[nH]2)cc1. The van der Waals surface area contributed by atoms with E-state index in [1.807, 2.05) is 24.4 Å². The van der Waals surface area contributed by atoms with Crippen LogP contribution >= 0.6 is 0 Å². The minimum Gasteiger partial charge on any atom is -0.339 e. The van der Waals surface area contributed by atoms with Crippen LogP contribution in [0.15, 0.2) is 54.7 Å². The average Bonchev–Trinajstić information content (AvgIpc) is 3.29. The Hall–Kier alpha value is -2.68. The van der Waals surface area contributed by atoms with Gasteiger partial charge in [0.15, 0.2) is 5.78 Å². The fourth-order valence-corrected chi connectivity index (χ4v) is 3.69. The number of benzene rings is 1. The standard InChI is InChI=1S/C22H22N2O/c1-15(25)17-8-10-18(11-9-17)20(13-16-5-2-3-6-16)21-14-19-7-4-12-23-22(19)24-21/h4,7-14,16H,2-3,5-6H2,1H3,(H,23,24)/b20-13-. The lowest BCUT2D eigenvalue weighted by atomic mass is 9.95. The van der Waals surface area contributed by atoms with Crippen LogP contribution in [0.25, 0.3) is 16.6 Å². The molecule has 0 saturated heterocycles. The van der Waals surface area contributed by atoms with E-state index < -0.39 is 0 Å². The third-order valence-electron chi connectivity index (χ3n) is 5.09. The smallest absolute Gasteiger partial charge is 0.159 e. The maximum absolute atomic E-state index is 11.6. The first-order valence-corrected chi connectivity index (χ1v) is 8.98. The second-order valence-corrected chi connectivity index (χ2v) is 6.88. The number of carbonyl (C=O) groups is 1. The summed E-state index contributed by atoms with van der Waals surface area (Å²) in [7, 11) is 0. The quantitative estimate of drug-likeness (QED) is 0.652. The molecule has 3 heteroatoms. The molecule has 1 N–H and O–H groups in total. The molecule has 1 aromatic carbocycles. The number of Topliss-reactive ketones (excluding diaryl/α,β-unsaturated/α-hetero) is 1. The van der Waals surface area contributed by atoms with Crippen LogP contribution in [0, 0.1) is 5.92 Å². The zero-order valence-corrected chi connectivity index (χ0v) is 14.5. The lowest BCUT2D eigenvalue weighted by Gasteiger charge is -2.11. The molecule has 0 radical (unpaired) electrons. The molecular formula is C22H22N2O.